The number of anilines is 1. The lowest BCUT2D eigenvalue weighted by molar-refractivity contribution is 0.311. The van der Waals surface area contributed by atoms with E-state index in [1.807, 2.05) is 25.1 Å². The fourth-order valence-corrected chi connectivity index (χ4v) is 2.86. The minimum Gasteiger partial charge on any atom is -0.382 e. The largest absolute Gasteiger partial charge is 0.382 e. The molecule has 0 bridgehead atoms. The van der Waals surface area contributed by atoms with Crippen molar-refractivity contribution < 1.29 is 13.2 Å². The van der Waals surface area contributed by atoms with Crippen LogP contribution >= 0.6 is 0 Å². The predicted octanol–water partition coefficient (Wildman–Crippen LogP) is 4.37. The Morgan fingerprint density at radius 3 is 2.52 bits per heavy atom. The molecule has 3 nitrogen and oxygen atoms in total. The summed E-state index contributed by atoms with van der Waals surface area (Å²) in [6, 6.07) is 9.94. The van der Waals surface area contributed by atoms with Crippen LogP contribution in [0.5, 0.6) is 0 Å². The molecule has 6 heteroatoms. The van der Waals surface area contributed by atoms with Gasteiger partial charge in [0.2, 0.25) is 0 Å². The Morgan fingerprint density at radius 1 is 1.04 bits per heavy atom. The number of nitrogens with one attached hydrogen (secondary N) is 1. The Kier molecular flexibility index (Phi) is 4.90. The Morgan fingerprint density at radius 2 is 1.80 bits per heavy atom. The molecular formula is C19H18F3N3. The van der Waals surface area contributed by atoms with E-state index in [-0.39, 0.29) is 22.8 Å². The van der Waals surface area contributed by atoms with E-state index >= 15 is 0 Å². The summed E-state index contributed by atoms with van der Waals surface area (Å²) in [5.74, 6) is -1.43. The molecule has 1 atom stereocenters. The lowest BCUT2D eigenvalue weighted by Gasteiger charge is -2.26. The van der Waals surface area contributed by atoms with E-state index in [9.17, 15) is 13.2 Å². The van der Waals surface area contributed by atoms with Crippen LogP contribution in [0.25, 0.3) is 10.9 Å². The van der Waals surface area contributed by atoms with Gasteiger partial charge in [0.25, 0.3) is 0 Å². The highest BCUT2D eigenvalue weighted by atomic mass is 19.1. The van der Waals surface area contributed by atoms with Crippen LogP contribution in [0.1, 0.15) is 11.6 Å². The molecule has 1 aromatic heterocycles. The van der Waals surface area contributed by atoms with E-state index in [0.717, 1.165) is 17.7 Å². The molecule has 0 saturated heterocycles. The fraction of sp³-hybridized carbons (Fsp3) is 0.211. The second-order valence-corrected chi connectivity index (χ2v) is 6.03. The van der Waals surface area contributed by atoms with Gasteiger partial charge in [-0.1, -0.05) is 12.1 Å². The van der Waals surface area contributed by atoms with E-state index in [0.29, 0.717) is 12.2 Å². The van der Waals surface area contributed by atoms with Gasteiger partial charge in [-0.05, 0) is 50.0 Å². The van der Waals surface area contributed by atoms with Gasteiger partial charge < -0.3 is 10.2 Å². The van der Waals surface area contributed by atoms with Gasteiger partial charge in [-0.3, -0.25) is 4.98 Å². The first-order valence-corrected chi connectivity index (χ1v) is 7.86. The first kappa shape index (κ1) is 17.2. The summed E-state index contributed by atoms with van der Waals surface area (Å²) in [6.07, 6.45) is 1.43. The van der Waals surface area contributed by atoms with Crippen molar-refractivity contribution in [3.63, 3.8) is 0 Å². The van der Waals surface area contributed by atoms with Crippen LogP contribution in [0.4, 0.5) is 18.9 Å². The van der Waals surface area contributed by atoms with Crippen molar-refractivity contribution in [2.75, 3.05) is 26.0 Å². The number of likely N-dealkylation sites (N-methyl/N-ethyl adjacent to an activating group) is 1. The summed E-state index contributed by atoms with van der Waals surface area (Å²) in [6.45, 7) is 0.394. The number of hydrogen-bond donors (Lipinski definition) is 1. The molecule has 1 unspecified atom stereocenters. The van der Waals surface area contributed by atoms with Gasteiger partial charge in [0, 0.05) is 18.4 Å². The van der Waals surface area contributed by atoms with Crippen LogP contribution < -0.4 is 5.32 Å². The minimum absolute atomic E-state index is 0.0165. The molecule has 0 amide bonds. The molecule has 1 N–H and O–H groups in total. The third-order valence-corrected chi connectivity index (χ3v) is 4.13. The topological polar surface area (TPSA) is 28.2 Å². The van der Waals surface area contributed by atoms with Gasteiger partial charge >= 0.3 is 0 Å². The monoisotopic (exact) mass is 345 g/mol. The highest BCUT2D eigenvalue weighted by molar-refractivity contribution is 5.91. The molecule has 0 saturated carbocycles. The molecule has 2 aromatic carbocycles. The summed E-state index contributed by atoms with van der Waals surface area (Å²) in [4.78, 5) is 5.85. The van der Waals surface area contributed by atoms with Gasteiger partial charge in [0.1, 0.15) is 23.0 Å². The Hall–Kier alpha value is -2.60. The molecule has 0 spiro atoms. The predicted molar refractivity (Wildman–Crippen MR) is 93.0 cm³/mol. The highest BCUT2D eigenvalue weighted by Gasteiger charge is 2.17. The normalized spacial score (nSPS) is 12.6. The molecule has 1 heterocycles. The summed E-state index contributed by atoms with van der Waals surface area (Å²) in [7, 11) is 3.75. The maximum absolute atomic E-state index is 14.2. The summed E-state index contributed by atoms with van der Waals surface area (Å²) in [5.41, 5.74) is 1.23. The molecule has 25 heavy (non-hydrogen) atoms. The van der Waals surface area contributed by atoms with Gasteiger partial charge in [0.05, 0.1) is 11.4 Å². The van der Waals surface area contributed by atoms with Crippen LogP contribution in [0.3, 0.4) is 0 Å². The third kappa shape index (κ3) is 3.58. The second kappa shape index (κ2) is 7.11. The van der Waals surface area contributed by atoms with Crippen molar-refractivity contribution in [1.82, 2.24) is 9.88 Å². The number of rotatable bonds is 5. The van der Waals surface area contributed by atoms with Crippen molar-refractivity contribution in [3.8, 4) is 0 Å². The number of fused-ring (bicyclic) bond motifs is 1. The molecule has 0 aliphatic carbocycles. The standard InChI is InChI=1S/C19H18F3N3/c1-25(2)17(12-4-3-5-13(20)10-12)11-24-16-8-9-23-19-15(22)7-6-14(21)18(16)19/h3-10,17H,11H2,1-2H3,(H,23,24). The van der Waals surface area contributed by atoms with Crippen molar-refractivity contribution in [2.24, 2.45) is 0 Å². The molecule has 0 radical (unpaired) electrons. The lowest BCUT2D eigenvalue weighted by atomic mass is 10.1. The zero-order chi connectivity index (χ0) is 18.0. The summed E-state index contributed by atoms with van der Waals surface area (Å²) >= 11 is 0. The number of halogens is 3. The van der Waals surface area contributed by atoms with Crippen molar-refractivity contribution in [3.05, 3.63) is 71.7 Å². The first-order valence-electron chi connectivity index (χ1n) is 7.86. The van der Waals surface area contributed by atoms with Crippen molar-refractivity contribution >= 4 is 16.6 Å². The minimum atomic E-state index is -0.575. The molecule has 0 aliphatic rings. The van der Waals surface area contributed by atoms with E-state index in [2.05, 4.69) is 10.3 Å². The summed E-state index contributed by atoms with van der Waals surface area (Å²) in [5, 5.41) is 3.25. The molecule has 130 valence electrons. The Labute approximate surface area is 144 Å². The van der Waals surface area contributed by atoms with E-state index in [1.54, 1.807) is 12.1 Å². The summed E-state index contributed by atoms with van der Waals surface area (Å²) < 4.78 is 41.6. The quantitative estimate of drug-likeness (QED) is 0.744. The van der Waals surface area contributed by atoms with Gasteiger partial charge in [-0.2, -0.15) is 0 Å². The van der Waals surface area contributed by atoms with Crippen molar-refractivity contribution in [2.45, 2.75) is 6.04 Å². The van der Waals surface area contributed by atoms with E-state index < -0.39 is 11.6 Å². The number of nitrogens with zero attached hydrogens (tertiary/aromatic N) is 2. The maximum atomic E-state index is 14.2. The Balaban J connectivity index is 1.92. The average Bonchev–Trinajstić information content (AvgIpc) is 2.58. The van der Waals surface area contributed by atoms with Crippen LogP contribution in [0.15, 0.2) is 48.7 Å². The molecule has 3 rings (SSSR count). The molecule has 0 fully saturated rings. The lowest BCUT2D eigenvalue weighted by Crippen LogP contribution is -2.27. The van der Waals surface area contributed by atoms with Crippen molar-refractivity contribution in [1.29, 1.82) is 0 Å². The smallest absolute Gasteiger partial charge is 0.149 e. The molecular weight excluding hydrogens is 327 g/mol. The van der Waals surface area contributed by atoms with E-state index in [1.165, 1.54) is 18.3 Å². The fourth-order valence-electron chi connectivity index (χ4n) is 2.86. The van der Waals surface area contributed by atoms with Crippen LogP contribution in [-0.2, 0) is 0 Å². The number of pyridine rings is 1. The van der Waals surface area contributed by atoms with E-state index in [4.69, 9.17) is 0 Å². The SMILES string of the molecule is CN(C)C(CNc1ccnc2c(F)ccc(F)c12)c1cccc(F)c1. The molecule has 3 aromatic rings. The zero-order valence-corrected chi connectivity index (χ0v) is 13.9. The van der Waals surface area contributed by atoms with Crippen LogP contribution in [0, 0.1) is 17.5 Å². The average molecular weight is 345 g/mol. The second-order valence-electron chi connectivity index (χ2n) is 6.03. The first-order chi connectivity index (χ1) is 12.0. The van der Waals surface area contributed by atoms with Gasteiger partial charge in [-0.25, -0.2) is 13.2 Å². The number of aromatic nitrogens is 1. The third-order valence-electron chi connectivity index (χ3n) is 4.13. The van der Waals surface area contributed by atoms with Crippen LogP contribution in [-0.4, -0.2) is 30.5 Å². The van der Waals surface area contributed by atoms with Gasteiger partial charge in [-0.15, -0.1) is 0 Å². The highest BCUT2D eigenvalue weighted by Crippen LogP contribution is 2.28. The Bertz CT molecular complexity index is 896. The number of hydrogen-bond acceptors (Lipinski definition) is 3. The van der Waals surface area contributed by atoms with Crippen LogP contribution in [0.2, 0.25) is 0 Å². The maximum Gasteiger partial charge on any atom is 0.149 e. The van der Waals surface area contributed by atoms with Gasteiger partial charge in [0.15, 0.2) is 0 Å². The zero-order valence-electron chi connectivity index (χ0n) is 13.9. The molecule has 0 aliphatic heterocycles. The number of benzene rings is 2.